The number of aliphatic hydroxyl groups excluding tert-OH is 2. The fourth-order valence-electron chi connectivity index (χ4n) is 2.05. The van der Waals surface area contributed by atoms with Crippen molar-refractivity contribution in [3.8, 4) is 0 Å². The summed E-state index contributed by atoms with van der Waals surface area (Å²) in [5, 5.41) is 19.0. The van der Waals surface area contributed by atoms with Gasteiger partial charge in [0.1, 0.15) is 6.10 Å². The van der Waals surface area contributed by atoms with Crippen LogP contribution in [0.5, 0.6) is 0 Å². The fourth-order valence-corrected chi connectivity index (χ4v) is 2.05. The topological polar surface area (TPSA) is 49.7 Å². The molecule has 4 unspecified atom stereocenters. The van der Waals surface area contributed by atoms with E-state index >= 15 is 0 Å². The first-order valence-electron chi connectivity index (χ1n) is 5.63. The minimum atomic E-state index is -0.519. The second kappa shape index (κ2) is 5.69. The third kappa shape index (κ3) is 2.94. The lowest BCUT2D eigenvalue weighted by molar-refractivity contribution is -0.124. The number of aliphatic hydroxyl groups is 2. The van der Waals surface area contributed by atoms with Gasteiger partial charge in [-0.2, -0.15) is 0 Å². The highest BCUT2D eigenvalue weighted by molar-refractivity contribution is 4.78. The Balaban J connectivity index is 2.58. The molecule has 1 rings (SSSR count). The van der Waals surface area contributed by atoms with Gasteiger partial charge in [0, 0.05) is 0 Å². The van der Waals surface area contributed by atoms with Gasteiger partial charge in [0.15, 0.2) is 0 Å². The molecule has 0 saturated carbocycles. The third-order valence-corrected chi connectivity index (χ3v) is 3.15. The van der Waals surface area contributed by atoms with E-state index in [0.717, 1.165) is 25.7 Å². The molecule has 1 aliphatic rings. The van der Waals surface area contributed by atoms with Gasteiger partial charge in [0.2, 0.25) is 0 Å². The molecule has 0 aliphatic carbocycles. The van der Waals surface area contributed by atoms with Gasteiger partial charge in [-0.15, -0.1) is 0 Å². The summed E-state index contributed by atoms with van der Waals surface area (Å²) in [5.74, 6) is 0.227. The second-order valence-electron chi connectivity index (χ2n) is 4.29. The monoisotopic (exact) mass is 202 g/mol. The van der Waals surface area contributed by atoms with Gasteiger partial charge in [-0.1, -0.05) is 20.3 Å². The van der Waals surface area contributed by atoms with Crippen LogP contribution in [-0.4, -0.2) is 35.1 Å². The van der Waals surface area contributed by atoms with Crippen LogP contribution in [0.15, 0.2) is 0 Å². The van der Waals surface area contributed by atoms with Crippen molar-refractivity contribution in [3.05, 3.63) is 0 Å². The molecule has 1 aliphatic heterocycles. The predicted octanol–water partition coefficient (Wildman–Crippen LogP) is 1.32. The number of ether oxygens (including phenoxy) is 1. The molecule has 3 heteroatoms. The molecular formula is C11H22O3. The van der Waals surface area contributed by atoms with Crippen molar-refractivity contribution in [1.29, 1.82) is 0 Å². The molecule has 1 saturated heterocycles. The molecule has 0 amide bonds. The van der Waals surface area contributed by atoms with Gasteiger partial charge < -0.3 is 14.9 Å². The highest BCUT2D eigenvalue weighted by atomic mass is 16.5. The Hall–Kier alpha value is -0.120. The number of hydrogen-bond donors (Lipinski definition) is 2. The maximum atomic E-state index is 9.87. The summed E-state index contributed by atoms with van der Waals surface area (Å²) < 4.78 is 5.67. The van der Waals surface area contributed by atoms with Gasteiger partial charge in [-0.3, -0.25) is 0 Å². The van der Waals surface area contributed by atoms with E-state index in [9.17, 15) is 5.11 Å². The average molecular weight is 202 g/mol. The Morgan fingerprint density at radius 2 is 2.07 bits per heavy atom. The molecule has 0 spiro atoms. The molecule has 1 heterocycles. The van der Waals surface area contributed by atoms with Crippen LogP contribution >= 0.6 is 0 Å². The molecule has 1 fully saturated rings. The maximum absolute atomic E-state index is 9.87. The van der Waals surface area contributed by atoms with Crippen LogP contribution < -0.4 is 0 Å². The zero-order valence-corrected chi connectivity index (χ0v) is 9.15. The van der Waals surface area contributed by atoms with Crippen molar-refractivity contribution in [2.75, 3.05) is 6.61 Å². The molecule has 0 radical (unpaired) electrons. The molecule has 0 aromatic rings. The second-order valence-corrected chi connectivity index (χ2v) is 4.29. The van der Waals surface area contributed by atoms with Crippen molar-refractivity contribution in [1.82, 2.24) is 0 Å². The Kier molecular flexibility index (Phi) is 4.85. The van der Waals surface area contributed by atoms with E-state index in [4.69, 9.17) is 9.84 Å². The lowest BCUT2D eigenvalue weighted by Crippen LogP contribution is -2.41. The summed E-state index contributed by atoms with van der Waals surface area (Å²) in [5.41, 5.74) is 0. The molecule has 0 aromatic carbocycles. The SMILES string of the molecule is CCC1CCCC(C)C(O)C(CO)O1. The van der Waals surface area contributed by atoms with Crippen LogP contribution in [0.1, 0.15) is 39.5 Å². The Labute approximate surface area is 86.1 Å². The quantitative estimate of drug-likeness (QED) is 0.710. The molecule has 4 atom stereocenters. The largest absolute Gasteiger partial charge is 0.394 e. The van der Waals surface area contributed by atoms with Gasteiger partial charge >= 0.3 is 0 Å². The Morgan fingerprint density at radius 3 is 2.64 bits per heavy atom. The standard InChI is InChI=1S/C11H22O3/c1-3-9-6-4-5-8(2)11(13)10(7-12)14-9/h8-13H,3-7H2,1-2H3. The molecule has 0 bridgehead atoms. The van der Waals surface area contributed by atoms with E-state index in [0.29, 0.717) is 0 Å². The summed E-state index contributed by atoms with van der Waals surface area (Å²) in [4.78, 5) is 0. The van der Waals surface area contributed by atoms with Gasteiger partial charge in [0.05, 0.1) is 18.8 Å². The number of rotatable bonds is 2. The first kappa shape index (κ1) is 12.0. The van der Waals surface area contributed by atoms with Crippen LogP contribution in [-0.2, 0) is 4.74 Å². The van der Waals surface area contributed by atoms with E-state index in [1.54, 1.807) is 0 Å². The van der Waals surface area contributed by atoms with E-state index < -0.39 is 12.2 Å². The van der Waals surface area contributed by atoms with Gasteiger partial charge in [-0.05, 0) is 25.2 Å². The van der Waals surface area contributed by atoms with Crippen molar-refractivity contribution in [2.45, 2.75) is 57.8 Å². The Morgan fingerprint density at radius 1 is 1.36 bits per heavy atom. The van der Waals surface area contributed by atoms with E-state index in [1.807, 2.05) is 6.92 Å². The number of hydrogen-bond acceptors (Lipinski definition) is 3. The smallest absolute Gasteiger partial charge is 0.107 e. The van der Waals surface area contributed by atoms with Crippen LogP contribution in [0, 0.1) is 5.92 Å². The molecule has 2 N–H and O–H groups in total. The molecule has 84 valence electrons. The van der Waals surface area contributed by atoms with Crippen molar-refractivity contribution < 1.29 is 14.9 Å². The predicted molar refractivity (Wildman–Crippen MR) is 55.1 cm³/mol. The van der Waals surface area contributed by atoms with Crippen molar-refractivity contribution in [2.24, 2.45) is 5.92 Å². The van der Waals surface area contributed by atoms with Crippen LogP contribution in [0.25, 0.3) is 0 Å². The third-order valence-electron chi connectivity index (χ3n) is 3.15. The summed E-state index contributed by atoms with van der Waals surface area (Å²) in [6.45, 7) is 4.02. The summed E-state index contributed by atoms with van der Waals surface area (Å²) in [6, 6.07) is 0. The van der Waals surface area contributed by atoms with Gasteiger partial charge in [-0.25, -0.2) is 0 Å². The van der Waals surface area contributed by atoms with Crippen molar-refractivity contribution >= 4 is 0 Å². The summed E-state index contributed by atoms with van der Waals surface area (Å²) in [6.07, 6.45) is 3.42. The molecule has 3 nitrogen and oxygen atoms in total. The molecular weight excluding hydrogens is 180 g/mol. The van der Waals surface area contributed by atoms with E-state index in [-0.39, 0.29) is 18.6 Å². The van der Waals surface area contributed by atoms with Gasteiger partial charge in [0.25, 0.3) is 0 Å². The van der Waals surface area contributed by atoms with Crippen LogP contribution in [0.2, 0.25) is 0 Å². The van der Waals surface area contributed by atoms with E-state index in [1.165, 1.54) is 0 Å². The normalized spacial score (nSPS) is 40.3. The maximum Gasteiger partial charge on any atom is 0.107 e. The van der Waals surface area contributed by atoms with E-state index in [2.05, 4.69) is 6.92 Å². The lowest BCUT2D eigenvalue weighted by atomic mass is 9.91. The van der Waals surface area contributed by atoms with Crippen molar-refractivity contribution in [3.63, 3.8) is 0 Å². The average Bonchev–Trinajstić information content (AvgIpc) is 2.20. The fraction of sp³-hybridized carbons (Fsp3) is 1.00. The van der Waals surface area contributed by atoms with Crippen LogP contribution in [0.3, 0.4) is 0 Å². The Bertz CT molecular complexity index is 161. The first-order valence-corrected chi connectivity index (χ1v) is 5.63. The first-order chi connectivity index (χ1) is 6.69. The zero-order valence-electron chi connectivity index (χ0n) is 9.15. The highest BCUT2D eigenvalue weighted by Crippen LogP contribution is 2.24. The van der Waals surface area contributed by atoms with Crippen LogP contribution in [0.4, 0.5) is 0 Å². The highest BCUT2D eigenvalue weighted by Gasteiger charge is 2.29. The lowest BCUT2D eigenvalue weighted by Gasteiger charge is -2.32. The molecule has 0 aromatic heterocycles. The summed E-state index contributed by atoms with van der Waals surface area (Å²) >= 11 is 0. The molecule has 14 heavy (non-hydrogen) atoms. The minimum absolute atomic E-state index is 0.0813. The summed E-state index contributed by atoms with van der Waals surface area (Å²) in [7, 11) is 0. The minimum Gasteiger partial charge on any atom is -0.394 e. The zero-order chi connectivity index (χ0) is 10.6.